The molecule has 1 saturated heterocycles. The Morgan fingerprint density at radius 1 is 1.19 bits per heavy atom. The highest BCUT2D eigenvalue weighted by molar-refractivity contribution is 9.10. The minimum absolute atomic E-state index is 0.115. The monoisotopic (exact) mass is 420 g/mol. The minimum atomic E-state index is -0.292. The van der Waals surface area contributed by atoms with E-state index in [1.807, 2.05) is 18.2 Å². The lowest BCUT2D eigenvalue weighted by atomic mass is 10.1. The van der Waals surface area contributed by atoms with E-state index in [2.05, 4.69) is 32.2 Å². The number of morpholine rings is 1. The fourth-order valence-electron chi connectivity index (χ4n) is 2.96. The lowest BCUT2D eigenvalue weighted by Gasteiger charge is -2.26. The molecule has 3 rings (SSSR count). The van der Waals surface area contributed by atoms with Gasteiger partial charge in [0.1, 0.15) is 5.82 Å². The molecule has 0 aliphatic carbocycles. The van der Waals surface area contributed by atoms with E-state index in [0.717, 1.165) is 44.1 Å². The summed E-state index contributed by atoms with van der Waals surface area (Å²) < 4.78 is 19.9. The van der Waals surface area contributed by atoms with Crippen LogP contribution in [-0.2, 0) is 22.5 Å². The molecule has 6 heteroatoms. The van der Waals surface area contributed by atoms with Gasteiger partial charge in [-0.1, -0.05) is 34.1 Å². The van der Waals surface area contributed by atoms with Crippen LogP contribution in [0.15, 0.2) is 46.9 Å². The summed E-state index contributed by atoms with van der Waals surface area (Å²) in [5.41, 5.74) is 2.48. The molecule has 0 atom stereocenters. The fraction of sp³-hybridized carbons (Fsp3) is 0.350. The van der Waals surface area contributed by atoms with Crippen molar-refractivity contribution in [2.24, 2.45) is 0 Å². The van der Waals surface area contributed by atoms with Crippen LogP contribution in [0.2, 0.25) is 0 Å². The van der Waals surface area contributed by atoms with Gasteiger partial charge in [-0.05, 0) is 41.8 Å². The first-order valence-corrected chi connectivity index (χ1v) is 9.52. The maximum atomic E-state index is 13.8. The zero-order chi connectivity index (χ0) is 18.4. The Morgan fingerprint density at radius 3 is 2.77 bits per heavy atom. The molecule has 1 fully saturated rings. The number of carbonyl (C=O) groups is 1. The van der Waals surface area contributed by atoms with Crippen LogP contribution in [0.4, 0.5) is 10.1 Å². The molecule has 1 aliphatic rings. The molecule has 0 bridgehead atoms. The molecule has 1 N–H and O–H groups in total. The number of ether oxygens (including phenoxy) is 1. The van der Waals surface area contributed by atoms with Crippen LogP contribution in [0.5, 0.6) is 0 Å². The van der Waals surface area contributed by atoms with E-state index in [1.54, 1.807) is 12.1 Å². The summed E-state index contributed by atoms with van der Waals surface area (Å²) in [5.74, 6) is -0.407. The van der Waals surface area contributed by atoms with E-state index in [0.29, 0.717) is 16.5 Å². The van der Waals surface area contributed by atoms with Crippen LogP contribution in [0.1, 0.15) is 17.5 Å². The molecule has 0 unspecified atom stereocenters. The van der Waals surface area contributed by atoms with E-state index in [1.165, 1.54) is 6.07 Å². The van der Waals surface area contributed by atoms with Crippen molar-refractivity contribution in [2.45, 2.75) is 19.4 Å². The molecular formula is C20H22BrFN2O2. The van der Waals surface area contributed by atoms with Crippen molar-refractivity contribution in [1.82, 2.24) is 4.90 Å². The first-order valence-electron chi connectivity index (χ1n) is 8.73. The number of nitrogens with zero attached hydrogens (tertiary/aromatic N) is 1. The topological polar surface area (TPSA) is 41.6 Å². The van der Waals surface area contributed by atoms with Crippen molar-refractivity contribution >= 4 is 27.5 Å². The second-order valence-corrected chi connectivity index (χ2v) is 7.29. The van der Waals surface area contributed by atoms with Crippen LogP contribution in [-0.4, -0.2) is 37.1 Å². The van der Waals surface area contributed by atoms with Crippen molar-refractivity contribution in [3.63, 3.8) is 0 Å². The summed E-state index contributed by atoms with van der Waals surface area (Å²) in [4.78, 5) is 14.5. The first-order chi connectivity index (χ1) is 12.6. The Kier molecular flexibility index (Phi) is 6.77. The predicted molar refractivity (Wildman–Crippen MR) is 104 cm³/mol. The van der Waals surface area contributed by atoms with Gasteiger partial charge in [0, 0.05) is 36.2 Å². The SMILES string of the molecule is O=C(CCc1ccc(Br)cc1F)Nc1cccc(CN2CCOCC2)c1. The average molecular weight is 421 g/mol. The lowest BCUT2D eigenvalue weighted by Crippen LogP contribution is -2.35. The number of halogens is 2. The highest BCUT2D eigenvalue weighted by atomic mass is 79.9. The Balaban J connectivity index is 1.52. The van der Waals surface area contributed by atoms with Crippen molar-refractivity contribution in [3.05, 3.63) is 63.9 Å². The molecular weight excluding hydrogens is 399 g/mol. The van der Waals surface area contributed by atoms with Gasteiger partial charge in [0.25, 0.3) is 0 Å². The lowest BCUT2D eigenvalue weighted by molar-refractivity contribution is -0.116. The minimum Gasteiger partial charge on any atom is -0.379 e. The highest BCUT2D eigenvalue weighted by Gasteiger charge is 2.11. The number of amides is 1. The molecule has 4 nitrogen and oxygen atoms in total. The molecule has 0 spiro atoms. The highest BCUT2D eigenvalue weighted by Crippen LogP contribution is 2.18. The third-order valence-corrected chi connectivity index (χ3v) is 4.85. The molecule has 2 aromatic carbocycles. The Morgan fingerprint density at radius 2 is 2.00 bits per heavy atom. The molecule has 1 amide bonds. The number of hydrogen-bond donors (Lipinski definition) is 1. The Labute approximate surface area is 161 Å². The molecule has 138 valence electrons. The van der Waals surface area contributed by atoms with Crippen molar-refractivity contribution < 1.29 is 13.9 Å². The summed E-state index contributed by atoms with van der Waals surface area (Å²) >= 11 is 3.23. The maximum absolute atomic E-state index is 13.8. The molecule has 0 radical (unpaired) electrons. The van der Waals surface area contributed by atoms with Crippen LogP contribution < -0.4 is 5.32 Å². The molecule has 0 saturated carbocycles. The zero-order valence-electron chi connectivity index (χ0n) is 14.5. The quantitative estimate of drug-likeness (QED) is 0.767. The third-order valence-electron chi connectivity index (χ3n) is 4.36. The van der Waals surface area contributed by atoms with Gasteiger partial charge in [0.2, 0.25) is 5.91 Å². The summed E-state index contributed by atoms with van der Waals surface area (Å²) in [6, 6.07) is 12.8. The number of nitrogens with one attached hydrogen (secondary N) is 1. The smallest absolute Gasteiger partial charge is 0.224 e. The van der Waals surface area contributed by atoms with Gasteiger partial charge in [0.15, 0.2) is 0 Å². The summed E-state index contributed by atoms with van der Waals surface area (Å²) in [6.07, 6.45) is 0.616. The number of aryl methyl sites for hydroxylation is 1. The molecule has 0 aromatic heterocycles. The van der Waals surface area contributed by atoms with Gasteiger partial charge in [-0.3, -0.25) is 9.69 Å². The van der Waals surface area contributed by atoms with Gasteiger partial charge >= 0.3 is 0 Å². The number of anilines is 1. The Hall–Kier alpha value is -1.76. The summed E-state index contributed by atoms with van der Waals surface area (Å²) in [6.45, 7) is 4.23. The normalized spacial score (nSPS) is 15.0. The summed E-state index contributed by atoms with van der Waals surface area (Å²) in [7, 11) is 0. The van der Waals surface area contributed by atoms with Crippen molar-refractivity contribution in [3.8, 4) is 0 Å². The Bertz CT molecular complexity index is 763. The fourth-order valence-corrected chi connectivity index (χ4v) is 3.29. The second kappa shape index (κ2) is 9.26. The number of benzene rings is 2. The van der Waals surface area contributed by atoms with Crippen molar-refractivity contribution in [1.29, 1.82) is 0 Å². The van der Waals surface area contributed by atoms with Crippen LogP contribution >= 0.6 is 15.9 Å². The van der Waals surface area contributed by atoms with Gasteiger partial charge < -0.3 is 10.1 Å². The van der Waals surface area contributed by atoms with Gasteiger partial charge in [-0.25, -0.2) is 4.39 Å². The van der Waals surface area contributed by atoms with E-state index in [-0.39, 0.29) is 18.1 Å². The summed E-state index contributed by atoms with van der Waals surface area (Å²) in [5, 5.41) is 2.91. The van der Waals surface area contributed by atoms with Crippen molar-refractivity contribution in [2.75, 3.05) is 31.6 Å². The van der Waals surface area contributed by atoms with E-state index in [9.17, 15) is 9.18 Å². The van der Waals surface area contributed by atoms with Gasteiger partial charge in [-0.15, -0.1) is 0 Å². The molecule has 1 heterocycles. The van der Waals surface area contributed by atoms with E-state index < -0.39 is 0 Å². The van der Waals surface area contributed by atoms with Crippen LogP contribution in [0, 0.1) is 5.82 Å². The third kappa shape index (κ3) is 5.62. The average Bonchev–Trinajstić information content (AvgIpc) is 2.62. The molecule has 26 heavy (non-hydrogen) atoms. The van der Waals surface area contributed by atoms with E-state index >= 15 is 0 Å². The number of hydrogen-bond acceptors (Lipinski definition) is 3. The molecule has 2 aromatic rings. The zero-order valence-corrected chi connectivity index (χ0v) is 16.1. The van der Waals surface area contributed by atoms with E-state index in [4.69, 9.17) is 4.74 Å². The number of rotatable bonds is 6. The van der Waals surface area contributed by atoms with Crippen LogP contribution in [0.3, 0.4) is 0 Å². The largest absolute Gasteiger partial charge is 0.379 e. The van der Waals surface area contributed by atoms with Gasteiger partial charge in [0.05, 0.1) is 13.2 Å². The standard InChI is InChI=1S/C20H22BrFN2O2/c21-17-6-4-16(19(22)13-17)5-7-20(25)23-18-3-1-2-15(12-18)14-24-8-10-26-11-9-24/h1-4,6,12-13H,5,7-11,14H2,(H,23,25). The predicted octanol–water partition coefficient (Wildman–Crippen LogP) is 3.99. The van der Waals surface area contributed by atoms with Gasteiger partial charge in [-0.2, -0.15) is 0 Å². The second-order valence-electron chi connectivity index (χ2n) is 6.37. The van der Waals surface area contributed by atoms with Crippen LogP contribution in [0.25, 0.3) is 0 Å². The molecule has 1 aliphatic heterocycles. The first kappa shape index (κ1) is 19.0. The number of carbonyl (C=O) groups excluding carboxylic acids is 1. The maximum Gasteiger partial charge on any atom is 0.224 e.